The Bertz CT molecular complexity index is 246. The molecule has 0 saturated heterocycles. The van der Waals surface area contributed by atoms with E-state index in [2.05, 4.69) is 9.97 Å². The second-order valence-electron chi connectivity index (χ2n) is 1.54. The number of aromatic nitrogens is 2. The number of halogens is 2. The molecular formula is C5H3ClFN3. The number of hydrogen-bond acceptors (Lipinski definition) is 3. The zero-order valence-corrected chi connectivity index (χ0v) is 5.56. The summed E-state index contributed by atoms with van der Waals surface area (Å²) >= 11 is 5.19. The molecule has 0 fully saturated rings. The van der Waals surface area contributed by atoms with Crippen molar-refractivity contribution in [3.8, 4) is 0 Å². The van der Waals surface area contributed by atoms with Crippen LogP contribution in [0, 0.1) is 11.2 Å². The van der Waals surface area contributed by atoms with Crippen LogP contribution in [0.15, 0.2) is 12.4 Å². The standard InChI is InChI=1S/C5H3ClFN3/c6-4(8)5-9-1-3(7)2-10-5/h1-2,8H. The Morgan fingerprint density at radius 2 is 2.00 bits per heavy atom. The number of nitrogens with zero attached hydrogens (tertiary/aromatic N) is 2. The molecule has 0 bridgehead atoms. The summed E-state index contributed by atoms with van der Waals surface area (Å²) in [5, 5.41) is 6.53. The molecule has 1 N–H and O–H groups in total. The van der Waals surface area contributed by atoms with Crippen LogP contribution in [0.25, 0.3) is 0 Å². The van der Waals surface area contributed by atoms with Crippen molar-refractivity contribution in [2.24, 2.45) is 0 Å². The molecule has 0 amide bonds. The van der Waals surface area contributed by atoms with Crippen molar-refractivity contribution in [3.05, 3.63) is 24.0 Å². The molecule has 0 atom stereocenters. The van der Waals surface area contributed by atoms with Crippen LogP contribution in [-0.2, 0) is 0 Å². The lowest BCUT2D eigenvalue weighted by atomic mass is 10.6. The average Bonchev–Trinajstić information content (AvgIpc) is 1.88. The molecule has 1 aromatic rings. The average molecular weight is 160 g/mol. The molecule has 0 unspecified atom stereocenters. The predicted molar refractivity (Wildman–Crippen MR) is 34.7 cm³/mol. The van der Waals surface area contributed by atoms with E-state index in [0.29, 0.717) is 0 Å². The molecule has 0 aliphatic rings. The lowest BCUT2D eigenvalue weighted by molar-refractivity contribution is 0.613. The molecule has 1 heterocycles. The summed E-state index contributed by atoms with van der Waals surface area (Å²) in [4.78, 5) is 6.87. The van der Waals surface area contributed by atoms with Gasteiger partial charge in [0.2, 0.25) is 0 Å². The minimum absolute atomic E-state index is 0.0306. The lowest BCUT2D eigenvalue weighted by Gasteiger charge is -1.90. The second-order valence-corrected chi connectivity index (χ2v) is 1.92. The smallest absolute Gasteiger partial charge is 0.189 e. The minimum Gasteiger partial charge on any atom is -0.286 e. The van der Waals surface area contributed by atoms with E-state index in [1.807, 2.05) is 0 Å². The van der Waals surface area contributed by atoms with E-state index in [9.17, 15) is 4.39 Å². The maximum atomic E-state index is 12.1. The van der Waals surface area contributed by atoms with Crippen molar-refractivity contribution < 1.29 is 4.39 Å². The van der Waals surface area contributed by atoms with Crippen molar-refractivity contribution in [2.45, 2.75) is 0 Å². The first-order valence-electron chi connectivity index (χ1n) is 2.42. The van der Waals surface area contributed by atoms with Gasteiger partial charge in [0.1, 0.15) is 0 Å². The van der Waals surface area contributed by atoms with Gasteiger partial charge in [-0.15, -0.1) is 0 Å². The highest BCUT2D eigenvalue weighted by Gasteiger charge is 1.99. The topological polar surface area (TPSA) is 49.6 Å². The van der Waals surface area contributed by atoms with Crippen LogP contribution in [0.2, 0.25) is 0 Å². The van der Waals surface area contributed by atoms with Gasteiger partial charge in [-0.2, -0.15) is 0 Å². The quantitative estimate of drug-likeness (QED) is 0.626. The van der Waals surface area contributed by atoms with Crippen molar-refractivity contribution in [2.75, 3.05) is 0 Å². The lowest BCUT2D eigenvalue weighted by Crippen LogP contribution is -1.97. The van der Waals surface area contributed by atoms with E-state index in [1.54, 1.807) is 0 Å². The molecule has 0 saturated carbocycles. The van der Waals surface area contributed by atoms with Crippen molar-refractivity contribution >= 4 is 16.8 Å². The van der Waals surface area contributed by atoms with E-state index in [1.165, 1.54) is 0 Å². The van der Waals surface area contributed by atoms with Gasteiger partial charge in [-0.05, 0) is 0 Å². The number of hydrogen-bond donors (Lipinski definition) is 1. The van der Waals surface area contributed by atoms with Crippen LogP contribution in [0.5, 0.6) is 0 Å². The van der Waals surface area contributed by atoms with E-state index in [0.717, 1.165) is 12.4 Å². The highest BCUT2D eigenvalue weighted by molar-refractivity contribution is 6.68. The van der Waals surface area contributed by atoms with E-state index >= 15 is 0 Å². The van der Waals surface area contributed by atoms with Gasteiger partial charge < -0.3 is 0 Å². The fourth-order valence-corrected chi connectivity index (χ4v) is 0.523. The van der Waals surface area contributed by atoms with Crippen LogP contribution in [0.3, 0.4) is 0 Å². The maximum absolute atomic E-state index is 12.1. The molecule has 1 rings (SSSR count). The molecule has 52 valence electrons. The monoisotopic (exact) mass is 159 g/mol. The largest absolute Gasteiger partial charge is 0.286 e. The Morgan fingerprint density at radius 3 is 2.40 bits per heavy atom. The first kappa shape index (κ1) is 7.08. The van der Waals surface area contributed by atoms with Crippen molar-refractivity contribution in [3.63, 3.8) is 0 Å². The van der Waals surface area contributed by atoms with Crippen LogP contribution < -0.4 is 0 Å². The van der Waals surface area contributed by atoms with Crippen molar-refractivity contribution in [1.29, 1.82) is 5.41 Å². The third-order valence-electron chi connectivity index (χ3n) is 0.817. The van der Waals surface area contributed by atoms with Gasteiger partial charge in [0.05, 0.1) is 12.4 Å². The Morgan fingerprint density at radius 1 is 1.50 bits per heavy atom. The SMILES string of the molecule is N=C(Cl)c1ncc(F)cn1. The first-order chi connectivity index (χ1) is 4.70. The zero-order chi connectivity index (χ0) is 7.56. The fourth-order valence-electron chi connectivity index (χ4n) is 0.426. The Labute approximate surface area is 61.4 Å². The normalized spacial score (nSPS) is 9.40. The third kappa shape index (κ3) is 1.48. The third-order valence-corrected chi connectivity index (χ3v) is 0.986. The summed E-state index contributed by atoms with van der Waals surface area (Å²) in [7, 11) is 0. The van der Waals surface area contributed by atoms with Crippen LogP contribution in [-0.4, -0.2) is 15.1 Å². The van der Waals surface area contributed by atoms with E-state index in [-0.39, 0.29) is 11.0 Å². The predicted octanol–water partition coefficient (Wildman–Crippen LogP) is 1.18. The summed E-state index contributed by atoms with van der Waals surface area (Å²) in [6.45, 7) is 0. The summed E-state index contributed by atoms with van der Waals surface area (Å²) < 4.78 is 12.1. The van der Waals surface area contributed by atoms with Gasteiger partial charge in [0.25, 0.3) is 0 Å². The minimum atomic E-state index is -0.540. The molecule has 0 aromatic carbocycles. The highest BCUT2D eigenvalue weighted by Crippen LogP contribution is 1.96. The summed E-state index contributed by atoms with van der Waals surface area (Å²) in [5.41, 5.74) is 0. The Balaban J connectivity index is 3.00. The first-order valence-corrected chi connectivity index (χ1v) is 2.80. The highest BCUT2D eigenvalue weighted by atomic mass is 35.5. The number of nitrogens with one attached hydrogen (secondary N) is 1. The molecule has 0 radical (unpaired) electrons. The van der Waals surface area contributed by atoms with Gasteiger partial charge in [0, 0.05) is 0 Å². The summed E-state index contributed by atoms with van der Waals surface area (Å²) in [6, 6.07) is 0. The fraction of sp³-hybridized carbons (Fsp3) is 0. The molecule has 3 nitrogen and oxygen atoms in total. The summed E-state index contributed by atoms with van der Waals surface area (Å²) in [6.07, 6.45) is 1.92. The van der Waals surface area contributed by atoms with E-state index in [4.69, 9.17) is 17.0 Å². The maximum Gasteiger partial charge on any atom is 0.189 e. The van der Waals surface area contributed by atoms with Crippen LogP contribution in [0.4, 0.5) is 4.39 Å². The molecule has 5 heteroatoms. The zero-order valence-electron chi connectivity index (χ0n) is 4.81. The van der Waals surface area contributed by atoms with E-state index < -0.39 is 5.82 Å². The van der Waals surface area contributed by atoms with Gasteiger partial charge in [0.15, 0.2) is 16.8 Å². The molecule has 10 heavy (non-hydrogen) atoms. The molecule has 0 spiro atoms. The number of rotatable bonds is 1. The van der Waals surface area contributed by atoms with Gasteiger partial charge in [-0.3, -0.25) is 5.41 Å². The van der Waals surface area contributed by atoms with Gasteiger partial charge >= 0.3 is 0 Å². The van der Waals surface area contributed by atoms with Gasteiger partial charge in [-0.1, -0.05) is 11.6 Å². The molecule has 0 aliphatic heterocycles. The Hall–Kier alpha value is -1.03. The van der Waals surface area contributed by atoms with Crippen LogP contribution in [0.1, 0.15) is 5.82 Å². The second kappa shape index (κ2) is 2.70. The molecule has 1 aromatic heterocycles. The van der Waals surface area contributed by atoms with Crippen LogP contribution >= 0.6 is 11.6 Å². The summed E-state index contributed by atoms with van der Waals surface area (Å²) in [5.74, 6) is -0.510. The molecule has 0 aliphatic carbocycles. The van der Waals surface area contributed by atoms with Crippen molar-refractivity contribution in [1.82, 2.24) is 9.97 Å². The molecular weight excluding hydrogens is 157 g/mol. The van der Waals surface area contributed by atoms with Gasteiger partial charge in [-0.25, -0.2) is 14.4 Å². The Kier molecular flexibility index (Phi) is 1.91.